The van der Waals surface area contributed by atoms with Gasteiger partial charge in [-0.25, -0.2) is 4.98 Å². The van der Waals surface area contributed by atoms with Crippen molar-refractivity contribution >= 4 is 17.7 Å². The third-order valence-corrected chi connectivity index (χ3v) is 2.11. The minimum Gasteiger partial charge on any atom is -0.370 e. The van der Waals surface area contributed by atoms with Gasteiger partial charge in [-0.15, -0.1) is 0 Å². The van der Waals surface area contributed by atoms with E-state index < -0.39 is 0 Å². The van der Waals surface area contributed by atoms with Gasteiger partial charge in [-0.3, -0.25) is 0 Å². The van der Waals surface area contributed by atoms with Gasteiger partial charge in [-0.2, -0.15) is 0 Å². The Bertz CT molecular complexity index is 354. The smallest absolute Gasteiger partial charge is 0.125 e. The highest BCUT2D eigenvalue weighted by atomic mass is 15.0. The molecule has 0 fully saturated rings. The maximum absolute atomic E-state index is 7.66. The molecule has 0 atom stereocenters. The zero-order chi connectivity index (χ0) is 12.0. The van der Waals surface area contributed by atoms with Gasteiger partial charge in [0.05, 0.1) is 0 Å². The van der Waals surface area contributed by atoms with E-state index in [2.05, 4.69) is 24.1 Å². The molecule has 4 heteroatoms. The lowest BCUT2D eigenvalue weighted by atomic mass is 10.1. The normalized spacial score (nSPS) is 10.2. The molecule has 3 N–H and O–H groups in total. The van der Waals surface area contributed by atoms with Gasteiger partial charge in [-0.1, -0.05) is 13.8 Å². The second-order valence-corrected chi connectivity index (χ2v) is 4.09. The van der Waals surface area contributed by atoms with Gasteiger partial charge >= 0.3 is 0 Å². The molecular weight excluding hydrogens is 200 g/mol. The van der Waals surface area contributed by atoms with E-state index in [0.29, 0.717) is 18.1 Å². The largest absolute Gasteiger partial charge is 0.370 e. The Hall–Kier alpha value is -1.71. The molecule has 0 aliphatic carbocycles. The van der Waals surface area contributed by atoms with E-state index in [9.17, 15) is 0 Å². The highest BCUT2D eigenvalue weighted by Crippen LogP contribution is 2.07. The van der Waals surface area contributed by atoms with E-state index in [1.165, 1.54) is 6.21 Å². The van der Waals surface area contributed by atoms with Crippen molar-refractivity contribution in [1.29, 1.82) is 10.8 Å². The summed E-state index contributed by atoms with van der Waals surface area (Å²) in [5.74, 6) is 1.41. The Morgan fingerprint density at radius 2 is 2.25 bits per heavy atom. The maximum Gasteiger partial charge on any atom is 0.125 e. The van der Waals surface area contributed by atoms with Crippen molar-refractivity contribution in [2.75, 3.05) is 11.9 Å². The van der Waals surface area contributed by atoms with Crippen LogP contribution in [0.2, 0.25) is 0 Å². The highest BCUT2D eigenvalue weighted by Gasteiger charge is 2.01. The van der Waals surface area contributed by atoms with Crippen LogP contribution < -0.4 is 5.32 Å². The summed E-state index contributed by atoms with van der Waals surface area (Å²) in [6.45, 7) is 5.17. The van der Waals surface area contributed by atoms with Crippen LogP contribution in [0.25, 0.3) is 0 Å². The molecule has 1 aromatic rings. The van der Waals surface area contributed by atoms with Gasteiger partial charge in [0.15, 0.2) is 0 Å². The lowest BCUT2D eigenvalue weighted by Gasteiger charge is -2.08. The Labute approximate surface area is 96.1 Å². The Balaban J connectivity index is 2.60. The standard InChI is InChI=1S/C12H18N4/c1-9(2)7-15-12-4-3-10(8-16-12)11(14)5-6-13/h3-4,6,8-9,13-14H,5,7H2,1-2H3,(H,15,16). The van der Waals surface area contributed by atoms with Gasteiger partial charge in [0.1, 0.15) is 5.82 Å². The molecule has 0 spiro atoms. The minimum absolute atomic E-state index is 0.362. The van der Waals surface area contributed by atoms with Crippen LogP contribution in [0.15, 0.2) is 18.3 Å². The van der Waals surface area contributed by atoms with Gasteiger partial charge in [0.25, 0.3) is 0 Å². The number of pyridine rings is 1. The Kier molecular flexibility index (Phi) is 4.64. The van der Waals surface area contributed by atoms with Crippen LogP contribution in [0, 0.1) is 16.7 Å². The molecule has 16 heavy (non-hydrogen) atoms. The van der Waals surface area contributed by atoms with Crippen molar-refractivity contribution in [3.8, 4) is 0 Å². The Morgan fingerprint density at radius 1 is 1.50 bits per heavy atom. The molecule has 1 aromatic heterocycles. The first-order chi connectivity index (χ1) is 7.63. The average molecular weight is 218 g/mol. The number of aromatic nitrogens is 1. The van der Waals surface area contributed by atoms with Gasteiger partial charge in [0, 0.05) is 36.7 Å². The molecule has 0 aliphatic rings. The fraction of sp³-hybridized carbons (Fsp3) is 0.417. The van der Waals surface area contributed by atoms with Crippen LogP contribution in [-0.4, -0.2) is 23.5 Å². The molecule has 1 heterocycles. The average Bonchev–Trinajstić information content (AvgIpc) is 2.27. The summed E-state index contributed by atoms with van der Waals surface area (Å²) in [4.78, 5) is 4.23. The first-order valence-corrected chi connectivity index (χ1v) is 5.40. The monoisotopic (exact) mass is 218 g/mol. The van der Waals surface area contributed by atoms with Crippen molar-refractivity contribution in [1.82, 2.24) is 4.98 Å². The van der Waals surface area contributed by atoms with Crippen molar-refractivity contribution in [3.63, 3.8) is 0 Å². The third kappa shape index (κ3) is 3.81. The number of anilines is 1. The molecule has 86 valence electrons. The van der Waals surface area contributed by atoms with E-state index in [4.69, 9.17) is 10.8 Å². The number of hydrogen-bond donors (Lipinski definition) is 3. The topological polar surface area (TPSA) is 72.6 Å². The first-order valence-electron chi connectivity index (χ1n) is 5.40. The predicted molar refractivity (Wildman–Crippen MR) is 67.8 cm³/mol. The van der Waals surface area contributed by atoms with Crippen LogP contribution in [0.5, 0.6) is 0 Å². The van der Waals surface area contributed by atoms with E-state index >= 15 is 0 Å². The number of hydrogen-bond acceptors (Lipinski definition) is 4. The summed E-state index contributed by atoms with van der Waals surface area (Å²) in [7, 11) is 0. The molecule has 0 bridgehead atoms. The summed E-state index contributed by atoms with van der Waals surface area (Å²) in [6, 6.07) is 3.73. The molecule has 0 aromatic carbocycles. The summed E-state index contributed by atoms with van der Waals surface area (Å²) in [5.41, 5.74) is 1.21. The Morgan fingerprint density at radius 3 is 2.75 bits per heavy atom. The molecule has 1 rings (SSSR count). The van der Waals surface area contributed by atoms with E-state index in [1.807, 2.05) is 12.1 Å². The summed E-state index contributed by atoms with van der Waals surface area (Å²) in [6.07, 6.45) is 3.27. The minimum atomic E-state index is 0.362. The molecule has 0 radical (unpaired) electrons. The van der Waals surface area contributed by atoms with Crippen LogP contribution in [0.4, 0.5) is 5.82 Å². The van der Waals surface area contributed by atoms with E-state index in [-0.39, 0.29) is 0 Å². The molecule has 0 saturated carbocycles. The molecular formula is C12H18N4. The zero-order valence-electron chi connectivity index (χ0n) is 9.75. The second-order valence-electron chi connectivity index (χ2n) is 4.09. The maximum atomic E-state index is 7.66. The quantitative estimate of drug-likeness (QED) is 0.642. The first kappa shape index (κ1) is 12.4. The molecule has 0 unspecified atom stereocenters. The van der Waals surface area contributed by atoms with E-state index in [1.54, 1.807) is 6.20 Å². The second kappa shape index (κ2) is 6.00. The lowest BCUT2D eigenvalue weighted by molar-refractivity contribution is 0.687. The van der Waals surface area contributed by atoms with Crippen LogP contribution in [0.3, 0.4) is 0 Å². The van der Waals surface area contributed by atoms with Gasteiger partial charge < -0.3 is 16.1 Å². The van der Waals surface area contributed by atoms with Crippen LogP contribution >= 0.6 is 0 Å². The SMILES string of the molecule is CC(C)CNc1ccc(C(=N)CC=N)cn1. The predicted octanol–water partition coefficient (Wildman–Crippen LogP) is 2.56. The van der Waals surface area contributed by atoms with Crippen molar-refractivity contribution < 1.29 is 0 Å². The van der Waals surface area contributed by atoms with Crippen LogP contribution in [-0.2, 0) is 0 Å². The van der Waals surface area contributed by atoms with Crippen LogP contribution in [0.1, 0.15) is 25.8 Å². The lowest BCUT2D eigenvalue weighted by Crippen LogP contribution is -2.09. The summed E-state index contributed by atoms with van der Waals surface area (Å²) >= 11 is 0. The molecule has 4 nitrogen and oxygen atoms in total. The van der Waals surface area contributed by atoms with Gasteiger partial charge in [-0.05, 0) is 18.1 Å². The molecule has 0 aliphatic heterocycles. The number of nitrogens with zero attached hydrogens (tertiary/aromatic N) is 1. The number of nitrogens with one attached hydrogen (secondary N) is 3. The zero-order valence-corrected chi connectivity index (χ0v) is 9.75. The fourth-order valence-corrected chi connectivity index (χ4v) is 1.21. The highest BCUT2D eigenvalue weighted by molar-refractivity contribution is 6.04. The van der Waals surface area contributed by atoms with Gasteiger partial charge in [0.2, 0.25) is 0 Å². The fourth-order valence-electron chi connectivity index (χ4n) is 1.21. The summed E-state index contributed by atoms with van der Waals surface area (Å²) in [5, 5.41) is 17.8. The summed E-state index contributed by atoms with van der Waals surface area (Å²) < 4.78 is 0. The van der Waals surface area contributed by atoms with E-state index in [0.717, 1.165) is 17.9 Å². The van der Waals surface area contributed by atoms with Crippen molar-refractivity contribution in [3.05, 3.63) is 23.9 Å². The number of rotatable bonds is 6. The van der Waals surface area contributed by atoms with Crippen molar-refractivity contribution in [2.24, 2.45) is 5.92 Å². The molecule has 0 amide bonds. The third-order valence-electron chi connectivity index (χ3n) is 2.11. The molecule has 0 saturated heterocycles. The van der Waals surface area contributed by atoms with Crippen molar-refractivity contribution in [2.45, 2.75) is 20.3 Å².